The maximum absolute atomic E-state index is 13.1. The van der Waals surface area contributed by atoms with Gasteiger partial charge in [-0.1, -0.05) is 12.2 Å². The van der Waals surface area contributed by atoms with Crippen LogP contribution >= 0.6 is 0 Å². The summed E-state index contributed by atoms with van der Waals surface area (Å²) in [5, 5.41) is 0. The van der Waals surface area contributed by atoms with Crippen LogP contribution < -0.4 is 10.5 Å². The van der Waals surface area contributed by atoms with E-state index < -0.39 is 0 Å². The number of hydrogen-bond donors (Lipinski definition) is 1. The van der Waals surface area contributed by atoms with Crippen molar-refractivity contribution >= 4 is 6.08 Å². The summed E-state index contributed by atoms with van der Waals surface area (Å²) >= 11 is 0. The summed E-state index contributed by atoms with van der Waals surface area (Å²) in [6, 6.07) is 4.65. The molecule has 0 bridgehead atoms. The van der Waals surface area contributed by atoms with Crippen LogP contribution in [0.1, 0.15) is 18.9 Å². The first-order valence-corrected chi connectivity index (χ1v) is 5.06. The third-order valence-corrected chi connectivity index (χ3v) is 1.85. The molecule has 1 aromatic rings. The van der Waals surface area contributed by atoms with Gasteiger partial charge in [-0.3, -0.25) is 0 Å². The first-order chi connectivity index (χ1) is 7.26. The van der Waals surface area contributed by atoms with Gasteiger partial charge in [0.05, 0.1) is 6.61 Å². The molecule has 0 unspecified atom stereocenters. The Bertz CT molecular complexity index is 336. The fraction of sp³-hybridized carbons (Fsp3) is 0.333. The topological polar surface area (TPSA) is 35.2 Å². The van der Waals surface area contributed by atoms with Crippen LogP contribution in [0.25, 0.3) is 6.08 Å². The molecule has 0 aromatic heterocycles. The Balaban J connectivity index is 2.78. The predicted octanol–water partition coefficient (Wildman–Crippen LogP) is 2.59. The molecule has 0 saturated heterocycles. The number of hydrogen-bond acceptors (Lipinski definition) is 2. The molecule has 2 N–H and O–H groups in total. The molecule has 0 amide bonds. The van der Waals surface area contributed by atoms with E-state index in [2.05, 4.69) is 0 Å². The zero-order valence-corrected chi connectivity index (χ0v) is 8.87. The molecule has 1 aromatic carbocycles. The van der Waals surface area contributed by atoms with Crippen LogP contribution in [0.3, 0.4) is 0 Å². The lowest BCUT2D eigenvalue weighted by atomic mass is 10.2. The first-order valence-electron chi connectivity index (χ1n) is 5.06. The second-order valence-corrected chi connectivity index (χ2v) is 3.13. The monoisotopic (exact) mass is 209 g/mol. The Morgan fingerprint density at radius 1 is 1.40 bits per heavy atom. The minimum Gasteiger partial charge on any atom is -0.494 e. The summed E-state index contributed by atoms with van der Waals surface area (Å²) in [6.45, 7) is 3.01. The van der Waals surface area contributed by atoms with Crippen LogP contribution in [-0.2, 0) is 0 Å². The minimum atomic E-state index is -0.284. The molecule has 15 heavy (non-hydrogen) atoms. The second-order valence-electron chi connectivity index (χ2n) is 3.13. The van der Waals surface area contributed by atoms with Crippen molar-refractivity contribution in [1.82, 2.24) is 0 Å². The minimum absolute atomic E-state index is 0.284. The van der Waals surface area contributed by atoms with Crippen LogP contribution in [0.5, 0.6) is 5.75 Å². The third kappa shape index (κ3) is 4.13. The van der Waals surface area contributed by atoms with E-state index >= 15 is 0 Å². The van der Waals surface area contributed by atoms with E-state index in [1.165, 1.54) is 12.1 Å². The summed E-state index contributed by atoms with van der Waals surface area (Å²) in [6.07, 6.45) is 4.56. The smallest absolute Gasteiger partial charge is 0.127 e. The molecule has 0 spiro atoms. The maximum atomic E-state index is 13.1. The maximum Gasteiger partial charge on any atom is 0.127 e. The van der Waals surface area contributed by atoms with Gasteiger partial charge in [-0.2, -0.15) is 0 Å². The SMILES string of the molecule is CCOc1cc(F)cc(C=CCCN)c1. The van der Waals surface area contributed by atoms with Crippen molar-refractivity contribution in [2.75, 3.05) is 13.2 Å². The van der Waals surface area contributed by atoms with Gasteiger partial charge >= 0.3 is 0 Å². The number of nitrogens with two attached hydrogens (primary N) is 1. The summed E-state index contributed by atoms with van der Waals surface area (Å²) in [4.78, 5) is 0. The van der Waals surface area contributed by atoms with E-state index in [9.17, 15) is 4.39 Å². The van der Waals surface area contributed by atoms with Crippen LogP contribution in [0.15, 0.2) is 24.3 Å². The summed E-state index contributed by atoms with van der Waals surface area (Å²) in [5.74, 6) is 0.276. The Labute approximate surface area is 89.6 Å². The van der Waals surface area contributed by atoms with Crippen molar-refractivity contribution in [1.29, 1.82) is 0 Å². The van der Waals surface area contributed by atoms with E-state index in [0.717, 1.165) is 12.0 Å². The molecule has 0 aliphatic carbocycles. The Morgan fingerprint density at radius 3 is 2.87 bits per heavy atom. The molecule has 0 heterocycles. The highest BCUT2D eigenvalue weighted by Crippen LogP contribution is 2.17. The number of ether oxygens (including phenoxy) is 1. The van der Waals surface area contributed by atoms with Gasteiger partial charge in [0.15, 0.2) is 0 Å². The molecular formula is C12H16FNO. The summed E-state index contributed by atoms with van der Waals surface area (Å²) < 4.78 is 18.4. The van der Waals surface area contributed by atoms with Crippen LogP contribution in [-0.4, -0.2) is 13.2 Å². The average molecular weight is 209 g/mol. The number of rotatable bonds is 5. The van der Waals surface area contributed by atoms with Gasteiger partial charge in [0.25, 0.3) is 0 Å². The van der Waals surface area contributed by atoms with Gasteiger partial charge in [0.2, 0.25) is 0 Å². The standard InChI is InChI=1S/C12H16FNO/c1-2-15-12-8-10(5-3-4-6-14)7-11(13)9-12/h3,5,7-9H,2,4,6,14H2,1H3. The molecule has 3 heteroatoms. The molecule has 0 aliphatic rings. The van der Waals surface area contributed by atoms with Crippen LogP contribution in [0.4, 0.5) is 4.39 Å². The highest BCUT2D eigenvalue weighted by molar-refractivity contribution is 5.51. The average Bonchev–Trinajstić information content (AvgIpc) is 2.18. The molecule has 0 radical (unpaired) electrons. The molecule has 0 atom stereocenters. The number of benzene rings is 1. The first kappa shape index (κ1) is 11.7. The lowest BCUT2D eigenvalue weighted by Gasteiger charge is -2.04. The van der Waals surface area contributed by atoms with Gasteiger partial charge in [-0.15, -0.1) is 0 Å². The fourth-order valence-electron chi connectivity index (χ4n) is 1.25. The van der Waals surface area contributed by atoms with Gasteiger partial charge in [0.1, 0.15) is 11.6 Å². The summed E-state index contributed by atoms with van der Waals surface area (Å²) in [7, 11) is 0. The zero-order valence-electron chi connectivity index (χ0n) is 8.87. The van der Waals surface area contributed by atoms with Gasteiger partial charge < -0.3 is 10.5 Å². The fourth-order valence-corrected chi connectivity index (χ4v) is 1.25. The van der Waals surface area contributed by atoms with Crippen LogP contribution in [0.2, 0.25) is 0 Å². The Kier molecular flexibility index (Phi) is 4.84. The highest BCUT2D eigenvalue weighted by Gasteiger charge is 1.98. The van der Waals surface area contributed by atoms with Crippen molar-refractivity contribution in [3.8, 4) is 5.75 Å². The van der Waals surface area contributed by atoms with Gasteiger partial charge in [-0.05, 0) is 37.6 Å². The molecular weight excluding hydrogens is 193 g/mol. The summed E-state index contributed by atoms with van der Waals surface area (Å²) in [5.41, 5.74) is 6.15. The molecule has 2 nitrogen and oxygen atoms in total. The lowest BCUT2D eigenvalue weighted by molar-refractivity contribution is 0.338. The molecule has 1 rings (SSSR count). The van der Waals surface area contributed by atoms with Gasteiger partial charge in [-0.25, -0.2) is 4.39 Å². The van der Waals surface area contributed by atoms with E-state index in [0.29, 0.717) is 18.9 Å². The Hall–Kier alpha value is -1.35. The molecule has 82 valence electrons. The second kappa shape index (κ2) is 6.19. The normalized spacial score (nSPS) is 10.9. The quantitative estimate of drug-likeness (QED) is 0.809. The number of halogens is 1. The van der Waals surface area contributed by atoms with Crippen molar-refractivity contribution in [2.45, 2.75) is 13.3 Å². The largest absolute Gasteiger partial charge is 0.494 e. The zero-order chi connectivity index (χ0) is 11.1. The highest BCUT2D eigenvalue weighted by atomic mass is 19.1. The van der Waals surface area contributed by atoms with E-state index in [1.54, 1.807) is 6.07 Å². The van der Waals surface area contributed by atoms with Gasteiger partial charge in [0, 0.05) is 6.07 Å². The van der Waals surface area contributed by atoms with E-state index in [-0.39, 0.29) is 5.82 Å². The van der Waals surface area contributed by atoms with Crippen molar-refractivity contribution in [3.05, 3.63) is 35.7 Å². The predicted molar refractivity (Wildman–Crippen MR) is 60.3 cm³/mol. The third-order valence-electron chi connectivity index (χ3n) is 1.85. The molecule has 0 aliphatic heterocycles. The lowest BCUT2D eigenvalue weighted by Crippen LogP contribution is -1.95. The van der Waals surface area contributed by atoms with Crippen molar-refractivity contribution < 1.29 is 9.13 Å². The van der Waals surface area contributed by atoms with E-state index in [4.69, 9.17) is 10.5 Å². The van der Waals surface area contributed by atoms with E-state index in [1.807, 2.05) is 19.1 Å². The van der Waals surface area contributed by atoms with Crippen molar-refractivity contribution in [2.24, 2.45) is 5.73 Å². The Morgan fingerprint density at radius 2 is 2.20 bits per heavy atom. The molecule has 0 saturated carbocycles. The molecule has 0 fully saturated rings. The van der Waals surface area contributed by atoms with Crippen LogP contribution in [0, 0.1) is 5.82 Å². The van der Waals surface area contributed by atoms with Crippen molar-refractivity contribution in [3.63, 3.8) is 0 Å².